The van der Waals surface area contributed by atoms with E-state index in [0.29, 0.717) is 29.3 Å². The number of amides is 1. The molecule has 2 aromatic heterocycles. The summed E-state index contributed by atoms with van der Waals surface area (Å²) in [5.74, 6) is 1.42. The first kappa shape index (κ1) is 23.3. The van der Waals surface area contributed by atoms with Crippen molar-refractivity contribution in [1.29, 1.82) is 0 Å². The van der Waals surface area contributed by atoms with E-state index in [1.165, 1.54) is 4.57 Å². The summed E-state index contributed by atoms with van der Waals surface area (Å²) in [5.41, 5.74) is 2.80. The Balaban J connectivity index is 1.57. The molecule has 0 atom stereocenters. The number of benzene rings is 2. The van der Waals surface area contributed by atoms with Gasteiger partial charge < -0.3 is 14.6 Å². The molecule has 0 fully saturated rings. The zero-order chi connectivity index (χ0) is 24.4. The number of carbonyl (C=O) groups excluding carboxylic acids is 1. The monoisotopic (exact) mass is 463 g/mol. The van der Waals surface area contributed by atoms with E-state index in [1.807, 2.05) is 70.2 Å². The van der Waals surface area contributed by atoms with Crippen molar-refractivity contribution >= 4 is 16.9 Å². The van der Waals surface area contributed by atoms with Gasteiger partial charge in [0, 0.05) is 25.1 Å². The molecule has 34 heavy (non-hydrogen) atoms. The molecule has 2 heterocycles. The second-order valence-electron chi connectivity index (χ2n) is 8.76. The minimum absolute atomic E-state index is 0.0656. The van der Waals surface area contributed by atoms with E-state index >= 15 is 0 Å². The number of hydrogen-bond donors (Lipinski definition) is 1. The highest BCUT2D eigenvalue weighted by Gasteiger charge is 2.19. The zero-order valence-corrected chi connectivity index (χ0v) is 20.0. The predicted molar refractivity (Wildman–Crippen MR) is 129 cm³/mol. The number of nitrogens with zero attached hydrogens (tertiary/aromatic N) is 4. The highest BCUT2D eigenvalue weighted by molar-refractivity contribution is 5.84. The van der Waals surface area contributed by atoms with Crippen molar-refractivity contribution < 1.29 is 14.1 Å². The maximum absolute atomic E-state index is 13.2. The van der Waals surface area contributed by atoms with Crippen LogP contribution in [0.2, 0.25) is 0 Å². The SMILES string of the molecule is Cc1nc(-c2ccc3c(c2)n(CC(=O)NCc2ccc(OC(C)C)cc2)c(=O)n3C(C)C)no1. The van der Waals surface area contributed by atoms with Gasteiger partial charge in [0.25, 0.3) is 0 Å². The molecule has 4 rings (SSSR count). The molecule has 0 spiro atoms. The molecule has 0 bridgehead atoms. The first-order valence-corrected chi connectivity index (χ1v) is 11.3. The molecule has 0 aliphatic heterocycles. The molecule has 0 saturated carbocycles. The molecule has 1 N–H and O–H groups in total. The summed E-state index contributed by atoms with van der Waals surface area (Å²) in [7, 11) is 0. The zero-order valence-electron chi connectivity index (χ0n) is 20.0. The molecule has 9 heteroatoms. The van der Waals surface area contributed by atoms with Crippen molar-refractivity contribution in [1.82, 2.24) is 24.6 Å². The van der Waals surface area contributed by atoms with Gasteiger partial charge in [0.2, 0.25) is 17.6 Å². The third-order valence-corrected chi connectivity index (χ3v) is 5.35. The Bertz CT molecular complexity index is 1360. The van der Waals surface area contributed by atoms with Crippen molar-refractivity contribution in [3.05, 3.63) is 64.4 Å². The third-order valence-electron chi connectivity index (χ3n) is 5.35. The Morgan fingerprint density at radius 1 is 1.09 bits per heavy atom. The van der Waals surface area contributed by atoms with Gasteiger partial charge in [0.05, 0.1) is 17.1 Å². The lowest BCUT2D eigenvalue weighted by atomic mass is 10.2. The van der Waals surface area contributed by atoms with Gasteiger partial charge >= 0.3 is 5.69 Å². The van der Waals surface area contributed by atoms with Crippen LogP contribution in [0.3, 0.4) is 0 Å². The van der Waals surface area contributed by atoms with Crippen LogP contribution in [0.25, 0.3) is 22.4 Å². The highest BCUT2D eigenvalue weighted by atomic mass is 16.5. The van der Waals surface area contributed by atoms with E-state index in [9.17, 15) is 9.59 Å². The topological polar surface area (TPSA) is 104 Å². The van der Waals surface area contributed by atoms with Gasteiger partial charge in [0.15, 0.2) is 0 Å². The van der Waals surface area contributed by atoms with Gasteiger partial charge in [-0.05, 0) is 63.6 Å². The lowest BCUT2D eigenvalue weighted by Crippen LogP contribution is -2.33. The Kier molecular flexibility index (Phi) is 6.54. The van der Waals surface area contributed by atoms with Crippen LogP contribution in [-0.4, -0.2) is 31.3 Å². The number of fused-ring (bicyclic) bond motifs is 1. The van der Waals surface area contributed by atoms with Gasteiger partial charge in [-0.3, -0.25) is 13.9 Å². The van der Waals surface area contributed by atoms with Gasteiger partial charge in [-0.1, -0.05) is 17.3 Å². The quantitative estimate of drug-likeness (QED) is 0.426. The molecular weight excluding hydrogens is 434 g/mol. The fraction of sp³-hybridized carbons (Fsp3) is 0.360. The van der Waals surface area contributed by atoms with Crippen molar-refractivity contribution in [3.8, 4) is 17.1 Å². The largest absolute Gasteiger partial charge is 0.491 e. The highest BCUT2D eigenvalue weighted by Crippen LogP contribution is 2.24. The Labute approximate surface area is 197 Å². The minimum Gasteiger partial charge on any atom is -0.491 e. The lowest BCUT2D eigenvalue weighted by molar-refractivity contribution is -0.121. The summed E-state index contributed by atoms with van der Waals surface area (Å²) in [6.45, 7) is 9.79. The normalized spacial score (nSPS) is 11.5. The van der Waals surface area contributed by atoms with Crippen LogP contribution in [0.1, 0.15) is 45.2 Å². The molecule has 0 radical (unpaired) electrons. The minimum atomic E-state index is -0.256. The summed E-state index contributed by atoms with van der Waals surface area (Å²) >= 11 is 0. The van der Waals surface area contributed by atoms with Crippen LogP contribution in [0.5, 0.6) is 5.75 Å². The first-order chi connectivity index (χ1) is 16.2. The predicted octanol–water partition coefficient (Wildman–Crippen LogP) is 3.85. The summed E-state index contributed by atoms with van der Waals surface area (Å²) in [5, 5.41) is 6.86. The van der Waals surface area contributed by atoms with E-state index < -0.39 is 0 Å². The molecule has 0 aliphatic carbocycles. The number of ether oxygens (including phenoxy) is 1. The molecule has 2 aromatic carbocycles. The van der Waals surface area contributed by atoms with Gasteiger partial charge in [0.1, 0.15) is 12.3 Å². The standard InChI is InChI=1S/C25H29N5O4/c1-15(2)30-21-11-8-19(24-27-17(5)34-28-24)12-22(21)29(25(30)32)14-23(31)26-13-18-6-9-20(10-7-18)33-16(3)4/h6-12,15-16H,13-14H2,1-5H3,(H,26,31). The fourth-order valence-electron chi connectivity index (χ4n) is 3.85. The Hall–Kier alpha value is -3.88. The molecule has 0 unspecified atom stereocenters. The number of rotatable bonds is 8. The van der Waals surface area contributed by atoms with E-state index in [2.05, 4.69) is 15.5 Å². The second-order valence-corrected chi connectivity index (χ2v) is 8.76. The van der Waals surface area contributed by atoms with Crippen LogP contribution in [0.4, 0.5) is 0 Å². The van der Waals surface area contributed by atoms with Crippen LogP contribution in [0.15, 0.2) is 51.8 Å². The van der Waals surface area contributed by atoms with Crippen LogP contribution in [0, 0.1) is 6.92 Å². The van der Waals surface area contributed by atoms with Gasteiger partial charge in [-0.25, -0.2) is 4.79 Å². The van der Waals surface area contributed by atoms with Gasteiger partial charge in [-0.15, -0.1) is 0 Å². The maximum Gasteiger partial charge on any atom is 0.329 e. The number of nitrogens with one attached hydrogen (secondary N) is 1. The van der Waals surface area contributed by atoms with Crippen LogP contribution < -0.4 is 15.7 Å². The maximum atomic E-state index is 13.2. The van der Waals surface area contributed by atoms with Gasteiger partial charge in [-0.2, -0.15) is 4.98 Å². The average Bonchev–Trinajstić information content (AvgIpc) is 3.33. The summed E-state index contributed by atoms with van der Waals surface area (Å²) in [6, 6.07) is 13.0. The van der Waals surface area contributed by atoms with Crippen LogP contribution in [-0.2, 0) is 17.9 Å². The fourth-order valence-corrected chi connectivity index (χ4v) is 3.85. The molecule has 0 saturated heterocycles. The summed E-state index contributed by atoms with van der Waals surface area (Å²) in [6.07, 6.45) is 0.0986. The average molecular weight is 464 g/mol. The second kappa shape index (κ2) is 9.54. The summed E-state index contributed by atoms with van der Waals surface area (Å²) in [4.78, 5) is 30.3. The lowest BCUT2D eigenvalue weighted by Gasteiger charge is -2.11. The smallest absolute Gasteiger partial charge is 0.329 e. The van der Waals surface area contributed by atoms with E-state index in [4.69, 9.17) is 9.26 Å². The number of aryl methyl sites for hydroxylation is 1. The third kappa shape index (κ3) is 4.88. The van der Waals surface area contributed by atoms with E-state index in [1.54, 1.807) is 11.5 Å². The molecule has 178 valence electrons. The summed E-state index contributed by atoms with van der Waals surface area (Å²) < 4.78 is 13.9. The Morgan fingerprint density at radius 2 is 1.82 bits per heavy atom. The number of hydrogen-bond acceptors (Lipinski definition) is 6. The van der Waals surface area contributed by atoms with Crippen molar-refractivity contribution in [2.75, 3.05) is 0 Å². The van der Waals surface area contributed by atoms with Crippen LogP contribution >= 0.6 is 0 Å². The molecule has 1 amide bonds. The molecular formula is C25H29N5O4. The molecule has 4 aromatic rings. The number of imidazole rings is 1. The van der Waals surface area contributed by atoms with Crippen molar-refractivity contribution in [2.24, 2.45) is 0 Å². The molecule has 0 aliphatic rings. The first-order valence-electron chi connectivity index (χ1n) is 11.3. The van der Waals surface area contributed by atoms with E-state index in [-0.39, 0.29) is 30.3 Å². The molecule has 9 nitrogen and oxygen atoms in total. The van der Waals surface area contributed by atoms with Crippen molar-refractivity contribution in [2.45, 2.75) is 59.9 Å². The Morgan fingerprint density at radius 3 is 2.44 bits per heavy atom. The van der Waals surface area contributed by atoms with Crippen molar-refractivity contribution in [3.63, 3.8) is 0 Å². The van der Waals surface area contributed by atoms with E-state index in [0.717, 1.165) is 16.8 Å². The number of aromatic nitrogens is 4. The number of carbonyl (C=O) groups is 1.